The minimum atomic E-state index is -1.51. The minimum Gasteiger partial charge on any atom is -0.478 e. The Morgan fingerprint density at radius 3 is 2.12 bits per heavy atom. The number of benzene rings is 3. The Bertz CT molecular complexity index is 1240. The molecule has 0 saturated heterocycles. The van der Waals surface area contributed by atoms with Crippen molar-refractivity contribution in [1.82, 2.24) is 5.32 Å². The molecule has 4 rings (SSSR count). The highest BCUT2D eigenvalue weighted by Crippen LogP contribution is 2.44. The quantitative estimate of drug-likeness (QED) is 0.489. The maximum absolute atomic E-state index is 14.2. The van der Waals surface area contributed by atoms with Gasteiger partial charge < -0.3 is 20.5 Å². The topological polar surface area (TPSA) is 105 Å². The summed E-state index contributed by atoms with van der Waals surface area (Å²) in [4.78, 5) is 36.7. The van der Waals surface area contributed by atoms with Crippen LogP contribution in [0.3, 0.4) is 0 Å². The van der Waals surface area contributed by atoms with E-state index in [1.165, 1.54) is 26.0 Å². The van der Waals surface area contributed by atoms with Crippen molar-refractivity contribution in [2.75, 3.05) is 11.9 Å². The number of carboxylic acid groups (broad SMARTS) is 1. The van der Waals surface area contributed by atoms with Gasteiger partial charge in [-0.3, -0.25) is 4.79 Å². The van der Waals surface area contributed by atoms with E-state index in [-0.39, 0.29) is 12.5 Å². The van der Waals surface area contributed by atoms with Crippen molar-refractivity contribution in [2.24, 2.45) is 0 Å². The van der Waals surface area contributed by atoms with Crippen LogP contribution >= 0.6 is 0 Å². The van der Waals surface area contributed by atoms with Crippen molar-refractivity contribution in [1.29, 1.82) is 0 Å². The number of amides is 2. The lowest BCUT2D eigenvalue weighted by Crippen LogP contribution is -2.52. The van der Waals surface area contributed by atoms with Crippen molar-refractivity contribution >= 4 is 23.7 Å². The molecule has 2 amide bonds. The standard InChI is InChI=1S/C26H23FN2O5/c1-26(2,24(32)28-22-19(23(30)31)12-7-13-21(22)27)29-25(33)34-14-20-17-10-5-3-8-15(17)16-9-4-6-11-18(16)20/h3-13,20H,14H2,1-2H3,(H,28,32)(H,29,33)(H,30,31). The molecule has 0 bridgehead atoms. The van der Waals surface area contributed by atoms with Crippen LogP contribution < -0.4 is 10.6 Å². The molecule has 0 saturated carbocycles. The van der Waals surface area contributed by atoms with Gasteiger partial charge in [-0.2, -0.15) is 0 Å². The SMILES string of the molecule is CC(C)(NC(=O)OCC1c2ccccc2-c2ccccc21)C(=O)Nc1c(F)cccc1C(=O)O. The first-order valence-corrected chi connectivity index (χ1v) is 10.7. The molecule has 3 N–H and O–H groups in total. The molecule has 3 aromatic carbocycles. The van der Waals surface area contributed by atoms with Crippen molar-refractivity contribution in [3.8, 4) is 11.1 Å². The summed E-state index contributed by atoms with van der Waals surface area (Å²) < 4.78 is 19.6. The third-order valence-corrected chi connectivity index (χ3v) is 5.81. The van der Waals surface area contributed by atoms with Gasteiger partial charge in [0.2, 0.25) is 5.91 Å². The Kier molecular flexibility index (Phi) is 6.06. The van der Waals surface area contributed by atoms with Gasteiger partial charge in [-0.25, -0.2) is 14.0 Å². The average Bonchev–Trinajstić information content (AvgIpc) is 3.12. The van der Waals surface area contributed by atoms with Crippen molar-refractivity contribution in [3.05, 3.63) is 89.2 Å². The van der Waals surface area contributed by atoms with Gasteiger partial charge in [0, 0.05) is 5.92 Å². The summed E-state index contributed by atoms with van der Waals surface area (Å²) in [5, 5.41) is 14.0. The lowest BCUT2D eigenvalue weighted by Gasteiger charge is -2.25. The Morgan fingerprint density at radius 2 is 1.53 bits per heavy atom. The minimum absolute atomic E-state index is 0.0635. The van der Waals surface area contributed by atoms with Crippen molar-refractivity contribution < 1.29 is 28.6 Å². The molecule has 34 heavy (non-hydrogen) atoms. The first kappa shape index (κ1) is 23.0. The number of halogens is 1. The van der Waals surface area contributed by atoms with E-state index in [2.05, 4.69) is 10.6 Å². The molecule has 1 aliphatic carbocycles. The summed E-state index contributed by atoms with van der Waals surface area (Å²) >= 11 is 0. The van der Waals surface area contributed by atoms with Gasteiger partial charge in [0.25, 0.3) is 0 Å². The Hall–Kier alpha value is -4.20. The van der Waals surface area contributed by atoms with Crippen molar-refractivity contribution in [3.63, 3.8) is 0 Å². The van der Waals surface area contributed by atoms with E-state index in [0.717, 1.165) is 28.3 Å². The zero-order valence-electron chi connectivity index (χ0n) is 18.6. The smallest absolute Gasteiger partial charge is 0.408 e. The van der Waals surface area contributed by atoms with Crippen LogP contribution in [0.1, 0.15) is 41.3 Å². The van der Waals surface area contributed by atoms with E-state index < -0.39 is 40.6 Å². The Balaban J connectivity index is 1.43. The second kappa shape index (κ2) is 8.97. The highest BCUT2D eigenvalue weighted by molar-refractivity contribution is 6.04. The molecule has 3 aromatic rings. The number of carbonyl (C=O) groups is 3. The number of alkyl carbamates (subject to hydrolysis) is 1. The Labute approximate surface area is 195 Å². The third kappa shape index (κ3) is 4.34. The molecule has 174 valence electrons. The first-order valence-electron chi connectivity index (χ1n) is 10.7. The molecule has 0 unspecified atom stereocenters. The second-order valence-electron chi connectivity index (χ2n) is 8.50. The fraction of sp³-hybridized carbons (Fsp3) is 0.192. The molecule has 1 aliphatic rings. The predicted molar refractivity (Wildman–Crippen MR) is 124 cm³/mol. The summed E-state index contributed by atoms with van der Waals surface area (Å²) in [6.45, 7) is 2.88. The molecular weight excluding hydrogens is 439 g/mol. The fourth-order valence-corrected chi connectivity index (χ4v) is 4.05. The Morgan fingerprint density at radius 1 is 0.941 bits per heavy atom. The first-order chi connectivity index (χ1) is 16.2. The number of ether oxygens (including phenoxy) is 1. The van der Waals surface area contributed by atoms with E-state index in [1.807, 2.05) is 48.5 Å². The van der Waals surface area contributed by atoms with E-state index in [0.29, 0.717) is 0 Å². The second-order valence-corrected chi connectivity index (χ2v) is 8.50. The molecule has 0 atom stereocenters. The van der Waals surface area contributed by atoms with E-state index in [4.69, 9.17) is 4.74 Å². The number of rotatable bonds is 6. The monoisotopic (exact) mass is 462 g/mol. The van der Waals surface area contributed by atoms with Gasteiger partial charge >= 0.3 is 12.1 Å². The summed E-state index contributed by atoms with van der Waals surface area (Å²) in [5.41, 5.74) is 1.90. The van der Waals surface area contributed by atoms with Crippen LogP contribution in [0.4, 0.5) is 14.9 Å². The lowest BCUT2D eigenvalue weighted by atomic mass is 9.98. The van der Waals surface area contributed by atoms with Crippen LogP contribution in [-0.4, -0.2) is 35.2 Å². The number of fused-ring (bicyclic) bond motifs is 3. The molecule has 8 heteroatoms. The molecule has 0 aromatic heterocycles. The zero-order chi connectivity index (χ0) is 24.5. The maximum atomic E-state index is 14.2. The fourth-order valence-electron chi connectivity index (χ4n) is 4.05. The van der Waals surface area contributed by atoms with Crippen LogP contribution in [0.2, 0.25) is 0 Å². The number of aromatic carboxylic acids is 1. The number of anilines is 1. The summed E-state index contributed by atoms with van der Waals surface area (Å²) in [6.07, 6.45) is -0.825. The predicted octanol–water partition coefficient (Wildman–Crippen LogP) is 4.78. The molecule has 0 radical (unpaired) electrons. The number of hydrogen-bond donors (Lipinski definition) is 3. The van der Waals surface area contributed by atoms with Crippen LogP contribution in [0, 0.1) is 5.82 Å². The molecular formula is C26H23FN2O5. The summed E-state index contributed by atoms with van der Waals surface area (Å²) in [6, 6.07) is 19.2. The molecule has 0 spiro atoms. The van der Waals surface area contributed by atoms with Gasteiger partial charge in [-0.15, -0.1) is 0 Å². The van der Waals surface area contributed by atoms with Crippen molar-refractivity contribution in [2.45, 2.75) is 25.3 Å². The molecule has 7 nitrogen and oxygen atoms in total. The largest absolute Gasteiger partial charge is 0.478 e. The molecule has 0 heterocycles. The summed E-state index contributed by atoms with van der Waals surface area (Å²) in [7, 11) is 0. The average molecular weight is 462 g/mol. The highest BCUT2D eigenvalue weighted by atomic mass is 19.1. The van der Waals surface area contributed by atoms with Crippen LogP contribution in [0.5, 0.6) is 0 Å². The maximum Gasteiger partial charge on any atom is 0.408 e. The highest BCUT2D eigenvalue weighted by Gasteiger charge is 2.33. The van der Waals surface area contributed by atoms with E-state index >= 15 is 0 Å². The van der Waals surface area contributed by atoms with E-state index in [9.17, 15) is 23.9 Å². The van der Waals surface area contributed by atoms with Gasteiger partial charge in [0.05, 0.1) is 11.3 Å². The van der Waals surface area contributed by atoms with Crippen LogP contribution in [0.25, 0.3) is 11.1 Å². The normalized spacial score (nSPS) is 12.4. The number of hydrogen-bond acceptors (Lipinski definition) is 4. The number of nitrogens with one attached hydrogen (secondary N) is 2. The number of carboxylic acids is 1. The number of carbonyl (C=O) groups excluding carboxylic acids is 2. The summed E-state index contributed by atoms with van der Waals surface area (Å²) in [5.74, 6) is -3.23. The van der Waals surface area contributed by atoms with Gasteiger partial charge in [0.1, 0.15) is 18.0 Å². The third-order valence-electron chi connectivity index (χ3n) is 5.81. The zero-order valence-corrected chi connectivity index (χ0v) is 18.6. The van der Waals surface area contributed by atoms with Crippen LogP contribution in [-0.2, 0) is 9.53 Å². The molecule has 0 fully saturated rings. The van der Waals surface area contributed by atoms with Crippen LogP contribution in [0.15, 0.2) is 66.7 Å². The number of para-hydroxylation sites is 1. The van der Waals surface area contributed by atoms with Gasteiger partial charge in [0.15, 0.2) is 0 Å². The van der Waals surface area contributed by atoms with E-state index in [1.54, 1.807) is 0 Å². The van der Waals surface area contributed by atoms with Gasteiger partial charge in [-0.05, 0) is 48.2 Å². The molecule has 0 aliphatic heterocycles. The van der Waals surface area contributed by atoms with Gasteiger partial charge in [-0.1, -0.05) is 54.6 Å². The lowest BCUT2D eigenvalue weighted by molar-refractivity contribution is -0.121.